The second-order valence-electron chi connectivity index (χ2n) is 7.20. The second kappa shape index (κ2) is 14.9. The number of piperazine rings is 1. The van der Waals surface area contributed by atoms with Crippen molar-refractivity contribution in [1.82, 2.24) is 9.62 Å². The number of nitrogens with zero attached hydrogens (tertiary/aromatic N) is 4. The highest BCUT2D eigenvalue weighted by Crippen LogP contribution is 2.29. The van der Waals surface area contributed by atoms with Gasteiger partial charge in [0, 0.05) is 55.9 Å². The first kappa shape index (κ1) is 28.8. The van der Waals surface area contributed by atoms with E-state index in [1.165, 1.54) is 30.3 Å². The summed E-state index contributed by atoms with van der Waals surface area (Å²) in [5, 5.41) is 10.5. The summed E-state index contributed by atoms with van der Waals surface area (Å²) in [7, 11) is 0. The molecule has 0 bridgehead atoms. The number of hydrogen-bond donors (Lipinski definition) is 1. The lowest BCUT2D eigenvalue weighted by Crippen LogP contribution is -2.41. The predicted molar refractivity (Wildman–Crippen MR) is 138 cm³/mol. The first-order valence-electron chi connectivity index (χ1n) is 11.9. The molecule has 0 saturated carbocycles. The molecule has 0 amide bonds. The van der Waals surface area contributed by atoms with E-state index in [9.17, 15) is 17.6 Å². The highest BCUT2D eigenvalue weighted by atomic mass is 32.2. The maximum Gasteiger partial charge on any atom is 0.278 e. The van der Waals surface area contributed by atoms with Gasteiger partial charge in [-0.15, -0.1) is 0 Å². The largest absolute Gasteiger partial charge is 0.314 e. The van der Waals surface area contributed by atoms with E-state index in [4.69, 9.17) is 0 Å². The summed E-state index contributed by atoms with van der Waals surface area (Å²) in [5.74, 6) is -0.846. The van der Waals surface area contributed by atoms with Gasteiger partial charge in [-0.1, -0.05) is 45.9 Å². The number of hydrogen-bond acceptors (Lipinski definition) is 6. The summed E-state index contributed by atoms with van der Waals surface area (Å²) in [5.41, 5.74) is 1.46. The molecule has 35 heavy (non-hydrogen) atoms. The number of rotatable bonds is 7. The number of halogens is 4. The zero-order valence-corrected chi connectivity index (χ0v) is 21.4. The maximum absolute atomic E-state index is 14.9. The molecule has 0 spiro atoms. The topological polar surface area (TPSA) is 43.2 Å². The molecule has 4 rings (SSSR count). The molecule has 0 aromatic heterocycles. The number of alkyl halides is 2. The molecule has 2 heterocycles. The zero-order chi connectivity index (χ0) is 25.8. The van der Waals surface area contributed by atoms with Gasteiger partial charge in [-0.25, -0.2) is 21.9 Å². The number of anilines is 1. The first-order chi connectivity index (χ1) is 17.0. The molecule has 0 atom stereocenters. The Balaban J connectivity index is 0.00000103. The van der Waals surface area contributed by atoms with Gasteiger partial charge < -0.3 is 5.32 Å². The lowest BCUT2D eigenvalue weighted by Gasteiger charge is -2.32. The minimum absolute atomic E-state index is 0.0925. The molecular formula is C25H33F4N5S. The Morgan fingerprint density at radius 1 is 1.00 bits per heavy atom. The van der Waals surface area contributed by atoms with E-state index >= 15 is 0 Å². The predicted octanol–water partition coefficient (Wildman–Crippen LogP) is 6.31. The monoisotopic (exact) mass is 511 g/mol. The van der Waals surface area contributed by atoms with Gasteiger partial charge in [-0.3, -0.25) is 4.31 Å². The summed E-state index contributed by atoms with van der Waals surface area (Å²) in [4.78, 5) is 0. The van der Waals surface area contributed by atoms with Gasteiger partial charge in [0.1, 0.15) is 17.3 Å². The molecule has 0 unspecified atom stereocenters. The van der Waals surface area contributed by atoms with Crippen LogP contribution in [-0.2, 0) is 6.54 Å². The van der Waals surface area contributed by atoms with E-state index in [1.807, 2.05) is 32.0 Å². The molecule has 1 N–H and O–H groups in total. The van der Waals surface area contributed by atoms with Crippen LogP contribution in [0, 0.1) is 11.6 Å². The van der Waals surface area contributed by atoms with Gasteiger partial charge in [0.2, 0.25) is 0 Å². The van der Waals surface area contributed by atoms with Gasteiger partial charge in [0.25, 0.3) is 6.43 Å². The summed E-state index contributed by atoms with van der Waals surface area (Å²) < 4.78 is 58.3. The van der Waals surface area contributed by atoms with Crippen LogP contribution in [0.4, 0.5) is 23.2 Å². The van der Waals surface area contributed by atoms with Gasteiger partial charge in [0.15, 0.2) is 0 Å². The van der Waals surface area contributed by atoms with E-state index in [1.54, 1.807) is 24.3 Å². The number of nitrogens with one attached hydrogen (secondary N) is 1. The zero-order valence-electron chi connectivity index (χ0n) is 20.6. The SMILES string of the molecule is CC.CC.Fc1cccc(N(Cc2ccc(C3=NN=C(C(F)F)C3)cc2F)SN2CCNCC2)c1. The average molecular weight is 512 g/mol. The Kier molecular flexibility index (Phi) is 12.2. The van der Waals surface area contributed by atoms with E-state index in [2.05, 4.69) is 19.8 Å². The molecule has 192 valence electrons. The molecule has 2 aromatic carbocycles. The molecule has 1 saturated heterocycles. The minimum atomic E-state index is -2.67. The van der Waals surface area contributed by atoms with Crippen molar-refractivity contribution in [3.8, 4) is 0 Å². The van der Waals surface area contributed by atoms with E-state index < -0.39 is 12.2 Å². The smallest absolute Gasteiger partial charge is 0.278 e. The lowest BCUT2D eigenvalue weighted by atomic mass is 10.0. The molecule has 0 aliphatic carbocycles. The van der Waals surface area contributed by atoms with Gasteiger partial charge in [-0.2, -0.15) is 10.2 Å². The van der Waals surface area contributed by atoms with Gasteiger partial charge in [-0.05, 0) is 24.3 Å². The van der Waals surface area contributed by atoms with Crippen LogP contribution < -0.4 is 9.62 Å². The minimum Gasteiger partial charge on any atom is -0.314 e. The fraction of sp³-hybridized carbons (Fsp3) is 0.440. The summed E-state index contributed by atoms with van der Waals surface area (Å²) >= 11 is 1.43. The van der Waals surface area contributed by atoms with Crippen molar-refractivity contribution in [2.75, 3.05) is 30.5 Å². The Morgan fingerprint density at radius 2 is 1.71 bits per heavy atom. The van der Waals surface area contributed by atoms with Crippen LogP contribution in [0.25, 0.3) is 0 Å². The van der Waals surface area contributed by atoms with Crippen LogP contribution in [0.2, 0.25) is 0 Å². The quantitative estimate of drug-likeness (QED) is 0.350. The third-order valence-corrected chi connectivity index (χ3v) is 6.12. The van der Waals surface area contributed by atoms with Crippen LogP contribution >= 0.6 is 12.1 Å². The highest BCUT2D eigenvalue weighted by molar-refractivity contribution is 7.98. The van der Waals surface area contributed by atoms with Crippen molar-refractivity contribution in [3.05, 3.63) is 65.2 Å². The second-order valence-corrected chi connectivity index (χ2v) is 8.32. The molecule has 2 aliphatic rings. The maximum atomic E-state index is 14.9. The van der Waals surface area contributed by atoms with Crippen molar-refractivity contribution >= 4 is 29.2 Å². The summed E-state index contributed by atoms with van der Waals surface area (Å²) in [6.07, 6.45) is -2.77. The van der Waals surface area contributed by atoms with Crippen molar-refractivity contribution in [3.63, 3.8) is 0 Å². The summed E-state index contributed by atoms with van der Waals surface area (Å²) in [6, 6.07) is 10.7. The number of benzene rings is 2. The van der Waals surface area contributed by atoms with Crippen LogP contribution in [0.5, 0.6) is 0 Å². The van der Waals surface area contributed by atoms with E-state index in [0.29, 0.717) is 22.5 Å². The van der Waals surface area contributed by atoms with Crippen LogP contribution in [0.15, 0.2) is 52.7 Å². The molecule has 0 radical (unpaired) electrons. The summed E-state index contributed by atoms with van der Waals surface area (Å²) in [6.45, 7) is 11.5. The highest BCUT2D eigenvalue weighted by Gasteiger charge is 2.23. The third-order valence-electron chi connectivity index (χ3n) is 4.99. The molecule has 1 fully saturated rings. The van der Waals surface area contributed by atoms with Crippen molar-refractivity contribution in [2.24, 2.45) is 10.2 Å². The molecule has 2 aliphatic heterocycles. The third kappa shape index (κ3) is 8.33. The average Bonchev–Trinajstić information content (AvgIpc) is 3.39. The van der Waals surface area contributed by atoms with E-state index in [-0.39, 0.29) is 24.5 Å². The normalized spacial score (nSPS) is 15.5. The molecule has 2 aromatic rings. The van der Waals surface area contributed by atoms with Crippen LogP contribution in [0.3, 0.4) is 0 Å². The van der Waals surface area contributed by atoms with Crippen LogP contribution in [0.1, 0.15) is 45.2 Å². The van der Waals surface area contributed by atoms with Crippen molar-refractivity contribution in [1.29, 1.82) is 0 Å². The Bertz CT molecular complexity index is 994. The fourth-order valence-electron chi connectivity index (χ4n) is 3.32. The Hall–Kier alpha value is -2.43. The van der Waals surface area contributed by atoms with Crippen LogP contribution in [-0.4, -0.2) is 48.3 Å². The fourth-order valence-corrected chi connectivity index (χ4v) is 4.35. The van der Waals surface area contributed by atoms with Crippen molar-refractivity contribution in [2.45, 2.75) is 47.1 Å². The Labute approximate surface area is 209 Å². The first-order valence-corrected chi connectivity index (χ1v) is 12.6. The molecular weight excluding hydrogens is 478 g/mol. The molecule has 10 heteroatoms. The van der Waals surface area contributed by atoms with Crippen molar-refractivity contribution < 1.29 is 17.6 Å². The van der Waals surface area contributed by atoms with Gasteiger partial charge in [0.05, 0.1) is 17.9 Å². The lowest BCUT2D eigenvalue weighted by molar-refractivity contribution is 0.224. The van der Waals surface area contributed by atoms with E-state index in [0.717, 1.165) is 26.2 Å². The molecule has 5 nitrogen and oxygen atoms in total. The standard InChI is InChI=1S/C21H21F4N5S.2C2H6/c22-16-2-1-3-17(11-16)30(31-29-8-6-26-7-9-29)13-15-5-4-14(10-18(15)23)19-12-20(21(24)25)28-27-19;2*1-2/h1-5,10-11,21,26H,6-9,12-13H2;2*1-2H3. The Morgan fingerprint density at radius 3 is 2.31 bits per heavy atom. The van der Waals surface area contributed by atoms with Gasteiger partial charge >= 0.3 is 0 Å².